The molecule has 3 aromatic rings. The van der Waals surface area contributed by atoms with E-state index >= 15 is 0 Å². The van der Waals surface area contributed by atoms with E-state index in [0.29, 0.717) is 29.0 Å². The minimum Gasteiger partial charge on any atom is -0.489 e. The molecule has 1 saturated heterocycles. The normalized spacial score (nSPS) is 17.5. The van der Waals surface area contributed by atoms with Gasteiger partial charge in [-0.15, -0.1) is 8.42 Å². The Morgan fingerprint density at radius 1 is 0.686 bits per heavy atom. The van der Waals surface area contributed by atoms with Crippen molar-refractivity contribution in [1.29, 1.82) is 0 Å². The first-order valence-corrected chi connectivity index (χ1v) is 22.9. The fourth-order valence-corrected chi connectivity index (χ4v) is 7.20. The fourth-order valence-electron chi connectivity index (χ4n) is 6.47. The summed E-state index contributed by atoms with van der Waals surface area (Å²) in [6.45, 7) is 4.73. The van der Waals surface area contributed by atoms with Crippen molar-refractivity contribution in [3.8, 4) is 23.0 Å². The number of aliphatic hydroxyl groups excluding tert-OH is 2. The van der Waals surface area contributed by atoms with Crippen LogP contribution >= 0.6 is 0 Å². The monoisotopic (exact) mass is 1010 g/mol. The molecule has 25 heteroatoms. The molecule has 2 N–H and O–H groups in total. The smallest absolute Gasteiger partial charge is 0.489 e. The van der Waals surface area contributed by atoms with Gasteiger partial charge in [0, 0.05) is 63.3 Å². The molecule has 1 aliphatic heterocycles. The van der Waals surface area contributed by atoms with Crippen LogP contribution < -0.4 is 17.8 Å². The predicted molar refractivity (Wildman–Crippen MR) is 238 cm³/mol. The summed E-state index contributed by atoms with van der Waals surface area (Å²) in [6, 6.07) is 14.0. The molecule has 70 heavy (non-hydrogen) atoms. The van der Waals surface area contributed by atoms with E-state index in [1.807, 2.05) is 0 Å². The standard InChI is InChI=1S/C45H55N3O21S/c1-28(51)61-27-41-42(63-29(2)52)43(64-30(3)53)44(65-31(4)54)45(67-41)66-39-14-10-34(37(55)6-5-16-58-18-20-60-21-19-59-17-15-47-48-46)23-40(39)69-70(56,57)68-36-11-7-32(8-12-36)26-62-38-13-9-33(24-49)22-35(38)25-50/h7-14,22-23,41-45,49-50H,5-6,15-21,24-27H2,1-4H3/t41-,42+,43+,44-,45?/m0/s1. The molecule has 0 amide bonds. The zero-order valence-electron chi connectivity index (χ0n) is 38.8. The number of nitrogens with zero attached hydrogens (tertiary/aromatic N) is 3. The molecule has 382 valence electrons. The summed E-state index contributed by atoms with van der Waals surface area (Å²) < 4.78 is 93.5. The second-order valence-electron chi connectivity index (χ2n) is 14.9. The van der Waals surface area contributed by atoms with Crippen LogP contribution in [0.15, 0.2) is 65.8 Å². The SMILES string of the molecule is CC(=O)OC[C@@H]1OC(Oc2ccc(C(=O)CCCOCCOCCOCCN=[N+]=[N-])cc2OS(=O)(=O)Oc2ccc(COc3ccc(CO)cc3CO)cc2)[C@@H](OC(C)=O)[C@H](OC(C)=O)[C@@H]1OC(C)=O. The third-order valence-corrected chi connectivity index (χ3v) is 10.3. The van der Waals surface area contributed by atoms with Crippen molar-refractivity contribution in [2.75, 3.05) is 52.8 Å². The molecule has 24 nitrogen and oxygen atoms in total. The second-order valence-corrected chi connectivity index (χ2v) is 16.1. The molecule has 1 fully saturated rings. The Morgan fingerprint density at radius 2 is 1.30 bits per heavy atom. The van der Waals surface area contributed by atoms with E-state index in [4.69, 9.17) is 61.3 Å². The number of carbonyl (C=O) groups is 5. The Kier molecular flexibility index (Phi) is 23.1. The summed E-state index contributed by atoms with van der Waals surface area (Å²) in [4.78, 5) is 65.0. The van der Waals surface area contributed by atoms with E-state index in [1.54, 1.807) is 18.2 Å². The summed E-state index contributed by atoms with van der Waals surface area (Å²) in [6.07, 6.45) is -7.93. The summed E-state index contributed by atoms with van der Waals surface area (Å²) in [5, 5.41) is 22.5. The van der Waals surface area contributed by atoms with Crippen molar-refractivity contribution in [2.24, 2.45) is 5.11 Å². The summed E-state index contributed by atoms with van der Waals surface area (Å²) in [5.74, 6) is -4.83. The molecule has 0 bridgehead atoms. The molecule has 1 heterocycles. The molecule has 1 aliphatic rings. The van der Waals surface area contributed by atoms with Crippen LogP contribution in [0.25, 0.3) is 10.4 Å². The van der Waals surface area contributed by atoms with Gasteiger partial charge in [0.05, 0.1) is 46.2 Å². The number of azide groups is 1. The number of aliphatic hydroxyl groups is 2. The Morgan fingerprint density at radius 3 is 1.93 bits per heavy atom. The van der Waals surface area contributed by atoms with Gasteiger partial charge in [0.1, 0.15) is 30.8 Å². The van der Waals surface area contributed by atoms with E-state index in [2.05, 4.69) is 10.0 Å². The van der Waals surface area contributed by atoms with E-state index in [-0.39, 0.29) is 83.6 Å². The lowest BCUT2D eigenvalue weighted by Crippen LogP contribution is -2.63. The van der Waals surface area contributed by atoms with Gasteiger partial charge in [0.15, 0.2) is 29.5 Å². The molecule has 1 unspecified atom stereocenters. The number of hydrogen-bond acceptors (Lipinski definition) is 22. The minimum absolute atomic E-state index is 0.00919. The van der Waals surface area contributed by atoms with Gasteiger partial charge in [-0.05, 0) is 65.5 Å². The van der Waals surface area contributed by atoms with Gasteiger partial charge >= 0.3 is 34.3 Å². The molecule has 0 aliphatic carbocycles. The summed E-state index contributed by atoms with van der Waals surface area (Å²) in [7, 11) is -5.07. The number of hydrogen-bond donors (Lipinski definition) is 2. The van der Waals surface area contributed by atoms with Crippen LogP contribution in [-0.2, 0) is 87.3 Å². The summed E-state index contributed by atoms with van der Waals surface area (Å²) >= 11 is 0. The van der Waals surface area contributed by atoms with Crippen LogP contribution in [0, 0.1) is 0 Å². The second kappa shape index (κ2) is 28.8. The first-order valence-electron chi connectivity index (χ1n) is 21.6. The van der Waals surface area contributed by atoms with Crippen LogP contribution in [0.4, 0.5) is 0 Å². The number of Topliss-reactive ketones (excluding diaryl/α,β-unsaturated/α-hetero) is 1. The molecule has 0 spiro atoms. The third kappa shape index (κ3) is 19.1. The highest BCUT2D eigenvalue weighted by molar-refractivity contribution is 7.82. The maximum Gasteiger partial charge on any atom is 0.501 e. The Labute approximate surface area is 402 Å². The number of rotatable bonds is 30. The first kappa shape index (κ1) is 56.0. The zero-order chi connectivity index (χ0) is 51.1. The summed E-state index contributed by atoms with van der Waals surface area (Å²) in [5.41, 5.74) is 9.86. The van der Waals surface area contributed by atoms with Crippen LogP contribution in [0.3, 0.4) is 0 Å². The van der Waals surface area contributed by atoms with Crippen LogP contribution in [-0.4, -0.2) is 132 Å². The number of benzene rings is 3. The van der Waals surface area contributed by atoms with Gasteiger partial charge in [0.25, 0.3) is 0 Å². The Hall–Kier alpha value is -6.57. The van der Waals surface area contributed by atoms with Crippen LogP contribution in [0.1, 0.15) is 67.6 Å². The van der Waals surface area contributed by atoms with E-state index in [9.17, 15) is 42.6 Å². The van der Waals surface area contributed by atoms with Gasteiger partial charge in [0.2, 0.25) is 12.4 Å². The predicted octanol–water partition coefficient (Wildman–Crippen LogP) is 3.74. The number of ether oxygens (including phenoxy) is 10. The highest BCUT2D eigenvalue weighted by Crippen LogP contribution is 2.36. The van der Waals surface area contributed by atoms with Crippen molar-refractivity contribution in [1.82, 2.24) is 0 Å². The molecular formula is C45H55N3O21S. The van der Waals surface area contributed by atoms with Crippen molar-refractivity contribution in [2.45, 2.75) is 91.1 Å². The molecule has 0 radical (unpaired) electrons. The molecule has 0 aromatic heterocycles. The molecule has 3 aromatic carbocycles. The minimum atomic E-state index is -5.07. The maximum absolute atomic E-state index is 13.6. The lowest BCUT2D eigenvalue weighted by Gasteiger charge is -2.43. The third-order valence-electron chi connectivity index (χ3n) is 9.48. The van der Waals surface area contributed by atoms with Gasteiger partial charge in [-0.25, -0.2) is 0 Å². The first-order chi connectivity index (χ1) is 33.5. The van der Waals surface area contributed by atoms with Gasteiger partial charge in [-0.1, -0.05) is 23.3 Å². The number of esters is 4. The van der Waals surface area contributed by atoms with E-state index in [1.165, 1.54) is 30.3 Å². The van der Waals surface area contributed by atoms with Gasteiger partial charge in [-0.2, -0.15) is 0 Å². The van der Waals surface area contributed by atoms with Crippen LogP contribution in [0.5, 0.6) is 23.0 Å². The van der Waals surface area contributed by atoms with Crippen molar-refractivity contribution < 1.29 is 98.3 Å². The van der Waals surface area contributed by atoms with Crippen molar-refractivity contribution >= 4 is 40.1 Å². The quantitative estimate of drug-likeness (QED) is 0.0183. The maximum atomic E-state index is 13.6. The van der Waals surface area contributed by atoms with E-state index < -0.39 is 88.9 Å². The van der Waals surface area contributed by atoms with E-state index in [0.717, 1.165) is 39.8 Å². The number of ketones is 1. The average Bonchev–Trinajstić information content (AvgIpc) is 3.31. The highest BCUT2D eigenvalue weighted by Gasteiger charge is 2.53. The topological polar surface area (TPSA) is 319 Å². The zero-order valence-corrected chi connectivity index (χ0v) is 39.6. The fraction of sp³-hybridized carbons (Fsp3) is 0.489. The highest BCUT2D eigenvalue weighted by atomic mass is 32.3. The Balaban J connectivity index is 1.56. The van der Waals surface area contributed by atoms with Crippen LogP contribution in [0.2, 0.25) is 0 Å². The lowest BCUT2D eigenvalue weighted by molar-refractivity contribution is -0.288. The van der Waals surface area contributed by atoms with Crippen molar-refractivity contribution in [3.63, 3.8) is 0 Å². The molecule has 4 rings (SSSR count). The van der Waals surface area contributed by atoms with Gasteiger partial charge < -0.3 is 65.9 Å². The average molecular weight is 1010 g/mol. The lowest BCUT2D eigenvalue weighted by atomic mass is 9.98. The van der Waals surface area contributed by atoms with Gasteiger partial charge in [-0.3, -0.25) is 24.0 Å². The molecular weight excluding hydrogens is 951 g/mol. The number of carbonyl (C=O) groups excluding carboxylic acids is 5. The largest absolute Gasteiger partial charge is 0.501 e. The molecule has 0 saturated carbocycles. The Bertz CT molecular complexity index is 2380. The molecule has 5 atom stereocenters. The van der Waals surface area contributed by atoms with Crippen molar-refractivity contribution in [3.05, 3.63) is 93.4 Å².